The van der Waals surface area contributed by atoms with Gasteiger partial charge < -0.3 is 19.9 Å². The molecule has 0 aliphatic carbocycles. The molecule has 3 heterocycles. The summed E-state index contributed by atoms with van der Waals surface area (Å²) in [5, 5.41) is 16.1. The van der Waals surface area contributed by atoms with E-state index in [9.17, 15) is 9.90 Å². The van der Waals surface area contributed by atoms with E-state index in [1.165, 1.54) is 0 Å². The van der Waals surface area contributed by atoms with Gasteiger partial charge in [-0.2, -0.15) is 11.3 Å². The predicted molar refractivity (Wildman–Crippen MR) is 115 cm³/mol. The number of allylic oxidation sites excluding steroid dienone is 1. The zero-order chi connectivity index (χ0) is 20.8. The molecule has 1 aliphatic rings. The van der Waals surface area contributed by atoms with Crippen LogP contribution in [0.3, 0.4) is 0 Å². The molecule has 2 N–H and O–H groups in total. The molecule has 0 spiro atoms. The first-order valence-corrected chi connectivity index (χ1v) is 10.6. The summed E-state index contributed by atoms with van der Waals surface area (Å²) < 4.78 is 11.9. The molecule has 6 nitrogen and oxygen atoms in total. The lowest BCUT2D eigenvalue weighted by Crippen LogP contribution is -2.29. The Kier molecular flexibility index (Phi) is 6.53. The molecule has 0 fully saturated rings. The van der Waals surface area contributed by atoms with Gasteiger partial charge in [-0.3, -0.25) is 9.78 Å². The monoisotopic (exact) mass is 422 g/mol. The van der Waals surface area contributed by atoms with E-state index in [4.69, 9.17) is 9.47 Å². The number of aromatic nitrogens is 1. The largest absolute Gasteiger partial charge is 0.459 e. The first kappa shape index (κ1) is 20.3. The number of hydrogen-bond donors (Lipinski definition) is 2. The van der Waals surface area contributed by atoms with Crippen LogP contribution in [0.4, 0.5) is 5.69 Å². The van der Waals surface area contributed by atoms with Crippen LogP contribution in [0.5, 0.6) is 0 Å². The molecular formula is C23H22N2O4S. The zero-order valence-electron chi connectivity index (χ0n) is 16.2. The lowest BCUT2D eigenvalue weighted by Gasteiger charge is -2.29. The molecule has 4 rings (SSSR count). The second-order valence-electron chi connectivity index (χ2n) is 6.96. The Bertz CT molecular complexity index is 988. The smallest absolute Gasteiger partial charge is 0.290 e. The molecular weight excluding hydrogens is 400 g/mol. The summed E-state index contributed by atoms with van der Waals surface area (Å²) in [5.41, 5.74) is 3.56. The molecule has 0 saturated carbocycles. The van der Waals surface area contributed by atoms with Crippen molar-refractivity contribution in [2.24, 2.45) is 0 Å². The number of carbonyl (C=O) groups is 1. The molecule has 0 unspecified atom stereocenters. The number of carbonyl (C=O) groups excluding carboxylic acids is 1. The summed E-state index contributed by atoms with van der Waals surface area (Å²) >= 11 is 1.62. The van der Waals surface area contributed by atoms with Crippen LogP contribution in [0, 0.1) is 0 Å². The van der Waals surface area contributed by atoms with Crippen molar-refractivity contribution in [2.45, 2.75) is 31.8 Å². The minimum absolute atomic E-state index is 0.00932. The van der Waals surface area contributed by atoms with Crippen molar-refractivity contribution in [1.29, 1.82) is 0 Å². The van der Waals surface area contributed by atoms with Crippen LogP contribution in [0.1, 0.15) is 29.0 Å². The fourth-order valence-corrected chi connectivity index (χ4v) is 3.92. The molecule has 1 amide bonds. The van der Waals surface area contributed by atoms with Crippen LogP contribution in [-0.4, -0.2) is 22.3 Å². The number of amides is 1. The number of nitrogens with one attached hydrogen (secondary N) is 1. The van der Waals surface area contributed by atoms with E-state index in [1.807, 2.05) is 35.7 Å². The highest BCUT2D eigenvalue weighted by atomic mass is 32.1. The maximum Gasteiger partial charge on any atom is 0.290 e. The van der Waals surface area contributed by atoms with E-state index in [2.05, 4.69) is 21.7 Å². The van der Waals surface area contributed by atoms with Gasteiger partial charge in [-0.1, -0.05) is 24.3 Å². The predicted octanol–water partition coefficient (Wildman–Crippen LogP) is 4.20. The Morgan fingerprint density at radius 2 is 2.07 bits per heavy atom. The average molecular weight is 423 g/mol. The number of aliphatic hydroxyl groups is 1. The minimum atomic E-state index is -0.549. The van der Waals surface area contributed by atoms with Crippen molar-refractivity contribution in [2.75, 3.05) is 5.32 Å². The van der Waals surface area contributed by atoms with Crippen molar-refractivity contribution in [3.8, 4) is 0 Å². The van der Waals surface area contributed by atoms with Gasteiger partial charge in [0, 0.05) is 18.5 Å². The maximum atomic E-state index is 12.8. The normalized spacial score (nSPS) is 18.4. The first-order valence-electron chi connectivity index (χ1n) is 9.63. The molecule has 1 aliphatic heterocycles. The number of thiophene rings is 1. The number of anilines is 1. The molecule has 7 heteroatoms. The molecule has 154 valence electrons. The third-order valence-corrected chi connectivity index (χ3v) is 5.51. The van der Waals surface area contributed by atoms with E-state index >= 15 is 0 Å². The van der Waals surface area contributed by atoms with E-state index in [0.717, 1.165) is 16.7 Å². The molecule has 2 aromatic heterocycles. The Morgan fingerprint density at radius 3 is 2.77 bits per heavy atom. The van der Waals surface area contributed by atoms with Crippen molar-refractivity contribution < 1.29 is 19.4 Å². The van der Waals surface area contributed by atoms with Crippen LogP contribution in [0.2, 0.25) is 0 Å². The molecule has 30 heavy (non-hydrogen) atoms. The molecule has 0 saturated heterocycles. The van der Waals surface area contributed by atoms with Gasteiger partial charge in [-0.05, 0) is 51.7 Å². The van der Waals surface area contributed by atoms with Gasteiger partial charge in [0.15, 0.2) is 5.76 Å². The summed E-state index contributed by atoms with van der Waals surface area (Å²) in [6.07, 6.45) is 5.16. The van der Waals surface area contributed by atoms with Crippen molar-refractivity contribution in [3.05, 3.63) is 94.1 Å². The van der Waals surface area contributed by atoms with Gasteiger partial charge in [0.2, 0.25) is 6.29 Å². The summed E-state index contributed by atoms with van der Waals surface area (Å²) in [4.78, 5) is 16.8. The van der Waals surface area contributed by atoms with Gasteiger partial charge in [0.25, 0.3) is 5.91 Å². The van der Waals surface area contributed by atoms with Gasteiger partial charge >= 0.3 is 0 Å². The quantitative estimate of drug-likeness (QED) is 0.596. The number of nitrogens with zero attached hydrogens (tertiary/aromatic N) is 1. The van der Waals surface area contributed by atoms with Gasteiger partial charge in [-0.25, -0.2) is 0 Å². The molecule has 1 aromatic carbocycles. The lowest BCUT2D eigenvalue weighted by molar-refractivity contribution is -0.147. The molecule has 0 bridgehead atoms. The second-order valence-corrected chi connectivity index (χ2v) is 7.74. The first-order chi connectivity index (χ1) is 14.7. The number of benzene rings is 1. The highest BCUT2D eigenvalue weighted by Crippen LogP contribution is 2.33. The average Bonchev–Trinajstić information content (AvgIpc) is 3.34. The Hall–Kier alpha value is -3.00. The van der Waals surface area contributed by atoms with Gasteiger partial charge in [-0.15, -0.1) is 0 Å². The van der Waals surface area contributed by atoms with Gasteiger partial charge in [0.05, 0.1) is 25.1 Å². The standard InChI is InChI=1S/C23H22N2O4S/c26-13-16-3-5-17(6-4-16)14-28-22-11-19(18-7-9-30-15-18)10-21(29-22)23(27)25-20-2-1-8-24-12-20/h1-10,12,15,19,22,26H,11,13-14H2,(H,25,27)/t19-,22+/m1/s1. The Labute approximate surface area is 178 Å². The van der Waals surface area contributed by atoms with Crippen molar-refractivity contribution in [3.63, 3.8) is 0 Å². The SMILES string of the molecule is O=C(Nc1cccnc1)C1=C[C@@H](c2ccsc2)C[C@@H](OCc2ccc(CO)cc2)O1. The third-order valence-electron chi connectivity index (χ3n) is 4.81. The van der Waals surface area contributed by atoms with Crippen LogP contribution >= 0.6 is 11.3 Å². The Balaban J connectivity index is 1.46. The van der Waals surface area contributed by atoms with Crippen LogP contribution in [0.25, 0.3) is 0 Å². The number of pyridine rings is 1. The third kappa shape index (κ3) is 5.13. The van der Waals surface area contributed by atoms with E-state index < -0.39 is 6.29 Å². The number of hydrogen-bond acceptors (Lipinski definition) is 6. The number of aliphatic hydroxyl groups excluding tert-OH is 1. The lowest BCUT2D eigenvalue weighted by atomic mass is 9.95. The van der Waals surface area contributed by atoms with Crippen LogP contribution in [0.15, 0.2) is 77.5 Å². The topological polar surface area (TPSA) is 80.7 Å². The molecule has 2 atom stereocenters. The zero-order valence-corrected chi connectivity index (χ0v) is 17.0. The molecule has 0 radical (unpaired) electrons. The highest BCUT2D eigenvalue weighted by Gasteiger charge is 2.29. The maximum absolute atomic E-state index is 12.8. The summed E-state index contributed by atoms with van der Waals surface area (Å²) in [7, 11) is 0. The van der Waals surface area contributed by atoms with Gasteiger partial charge in [0.1, 0.15) is 0 Å². The fourth-order valence-electron chi connectivity index (χ4n) is 3.20. The summed E-state index contributed by atoms with van der Waals surface area (Å²) in [5.74, 6) is -0.0628. The Morgan fingerprint density at radius 1 is 1.23 bits per heavy atom. The number of rotatable bonds is 7. The fraction of sp³-hybridized carbons (Fsp3) is 0.217. The highest BCUT2D eigenvalue weighted by molar-refractivity contribution is 7.08. The second kappa shape index (κ2) is 9.67. The molecule has 3 aromatic rings. The van der Waals surface area contributed by atoms with Crippen LogP contribution < -0.4 is 5.32 Å². The van der Waals surface area contributed by atoms with Crippen molar-refractivity contribution >= 4 is 22.9 Å². The van der Waals surface area contributed by atoms with E-state index in [0.29, 0.717) is 18.7 Å². The van der Waals surface area contributed by atoms with E-state index in [1.54, 1.807) is 35.9 Å². The number of ether oxygens (including phenoxy) is 2. The van der Waals surface area contributed by atoms with Crippen molar-refractivity contribution in [1.82, 2.24) is 4.98 Å². The summed E-state index contributed by atoms with van der Waals surface area (Å²) in [6.45, 7) is 0.361. The summed E-state index contributed by atoms with van der Waals surface area (Å²) in [6, 6.07) is 13.1. The minimum Gasteiger partial charge on any atom is -0.459 e. The van der Waals surface area contributed by atoms with E-state index in [-0.39, 0.29) is 24.2 Å². The van der Waals surface area contributed by atoms with Crippen LogP contribution in [-0.2, 0) is 27.5 Å².